The van der Waals surface area contributed by atoms with Crippen LogP contribution in [0.1, 0.15) is 71.6 Å². The first kappa shape index (κ1) is 23.1. The molecule has 2 fully saturated rings. The standard InChI is InChI=1S/C26H38O4S/c1-16-12-18-7-6-17(2)21(9-8-20-14-19(27)15-23(28)30-20)24(18)22(13-16)25(29)26(31-3)10-4-5-11-26/h6-7,12,16-17,19-22,24,27H,4-5,8-11,13-15H2,1-3H3/t16-,17-,19+,20+,21-,22-,24+/m0/s1. The summed E-state index contributed by atoms with van der Waals surface area (Å²) in [6, 6.07) is 0. The van der Waals surface area contributed by atoms with Gasteiger partial charge in [-0.1, -0.05) is 44.9 Å². The van der Waals surface area contributed by atoms with E-state index in [-0.39, 0.29) is 35.1 Å². The van der Waals surface area contributed by atoms with Gasteiger partial charge in [0.05, 0.1) is 17.3 Å². The molecule has 0 spiro atoms. The Morgan fingerprint density at radius 2 is 1.97 bits per heavy atom. The van der Waals surface area contributed by atoms with Gasteiger partial charge >= 0.3 is 5.97 Å². The fraction of sp³-hybridized carbons (Fsp3) is 0.769. The normalized spacial score (nSPS) is 39.5. The van der Waals surface area contributed by atoms with Crippen LogP contribution in [-0.4, -0.2) is 40.1 Å². The molecule has 5 heteroatoms. The number of cyclic esters (lactones) is 1. The minimum Gasteiger partial charge on any atom is -0.462 e. The Labute approximate surface area is 191 Å². The number of thioether (sulfide) groups is 1. The zero-order valence-corrected chi connectivity index (χ0v) is 20.0. The Balaban J connectivity index is 1.56. The van der Waals surface area contributed by atoms with Crippen LogP contribution in [0.4, 0.5) is 0 Å². The molecule has 1 aliphatic heterocycles. The Kier molecular flexibility index (Phi) is 7.02. The molecule has 0 aromatic rings. The zero-order valence-electron chi connectivity index (χ0n) is 19.2. The second kappa shape index (κ2) is 9.43. The number of hydrogen-bond donors (Lipinski definition) is 1. The predicted octanol–water partition coefficient (Wildman–Crippen LogP) is 5.10. The topological polar surface area (TPSA) is 63.6 Å². The maximum Gasteiger partial charge on any atom is 0.308 e. The van der Waals surface area contributed by atoms with Gasteiger partial charge in [-0.25, -0.2) is 0 Å². The zero-order chi connectivity index (χ0) is 22.2. The second-order valence-corrected chi connectivity index (χ2v) is 11.6. The van der Waals surface area contributed by atoms with Gasteiger partial charge < -0.3 is 9.84 Å². The number of Topliss-reactive ketones (excluding diaryl/α,β-unsaturated/α-hetero) is 1. The van der Waals surface area contributed by atoms with Gasteiger partial charge in [-0.2, -0.15) is 11.8 Å². The molecule has 1 N–H and O–H groups in total. The number of carbonyl (C=O) groups excluding carboxylic acids is 2. The molecule has 1 saturated heterocycles. The highest BCUT2D eigenvalue weighted by molar-refractivity contribution is 8.00. The number of aliphatic hydroxyl groups excluding tert-OH is 1. The van der Waals surface area contributed by atoms with E-state index in [9.17, 15) is 14.7 Å². The Hall–Kier alpha value is -1.07. The molecule has 0 radical (unpaired) electrons. The first-order valence-electron chi connectivity index (χ1n) is 12.2. The van der Waals surface area contributed by atoms with Gasteiger partial charge in [0.2, 0.25) is 0 Å². The van der Waals surface area contributed by atoms with Crippen molar-refractivity contribution >= 4 is 23.5 Å². The van der Waals surface area contributed by atoms with E-state index in [0.29, 0.717) is 30.0 Å². The number of carbonyl (C=O) groups is 2. The van der Waals surface area contributed by atoms with Gasteiger partial charge in [-0.3, -0.25) is 9.59 Å². The van der Waals surface area contributed by atoms with Crippen molar-refractivity contribution in [3.8, 4) is 0 Å². The van der Waals surface area contributed by atoms with E-state index < -0.39 is 6.10 Å². The van der Waals surface area contributed by atoms with E-state index in [1.807, 2.05) is 0 Å². The van der Waals surface area contributed by atoms with Crippen molar-refractivity contribution in [1.82, 2.24) is 0 Å². The van der Waals surface area contributed by atoms with Crippen LogP contribution in [0.5, 0.6) is 0 Å². The van der Waals surface area contributed by atoms with Gasteiger partial charge in [0.15, 0.2) is 5.78 Å². The molecule has 0 aromatic heterocycles. The Morgan fingerprint density at radius 1 is 1.23 bits per heavy atom. The third-order valence-electron chi connectivity index (χ3n) is 8.30. The van der Waals surface area contributed by atoms with Crippen LogP contribution in [0.15, 0.2) is 23.8 Å². The first-order valence-corrected chi connectivity index (χ1v) is 13.4. The van der Waals surface area contributed by atoms with E-state index in [4.69, 9.17) is 4.74 Å². The SMILES string of the molecule is CSC1(C(=O)[C@H]2C[C@@H](C)C=C3C=C[C@H](C)[C@H](CC[C@@H]4C[C@@H](O)CC(=O)O4)[C@@H]32)CCCC1. The number of rotatable bonds is 6. The maximum atomic E-state index is 14.0. The van der Waals surface area contributed by atoms with Crippen LogP contribution >= 0.6 is 11.8 Å². The van der Waals surface area contributed by atoms with E-state index >= 15 is 0 Å². The third kappa shape index (κ3) is 4.68. The minimum atomic E-state index is -0.584. The molecule has 31 heavy (non-hydrogen) atoms. The van der Waals surface area contributed by atoms with Crippen LogP contribution in [0.3, 0.4) is 0 Å². The number of aliphatic hydroxyl groups is 1. The molecule has 0 bridgehead atoms. The van der Waals surface area contributed by atoms with Gasteiger partial charge in [0.25, 0.3) is 0 Å². The van der Waals surface area contributed by atoms with Crippen LogP contribution in [0.2, 0.25) is 0 Å². The molecule has 172 valence electrons. The average Bonchev–Trinajstić information content (AvgIpc) is 3.22. The number of hydrogen-bond acceptors (Lipinski definition) is 5. The molecular weight excluding hydrogens is 408 g/mol. The molecule has 1 saturated carbocycles. The highest BCUT2D eigenvalue weighted by atomic mass is 32.2. The van der Waals surface area contributed by atoms with Crippen molar-refractivity contribution in [2.24, 2.45) is 29.6 Å². The maximum absolute atomic E-state index is 14.0. The largest absolute Gasteiger partial charge is 0.462 e. The van der Waals surface area contributed by atoms with Crippen molar-refractivity contribution in [2.45, 2.75) is 88.6 Å². The third-order valence-corrected chi connectivity index (χ3v) is 9.69. The van der Waals surface area contributed by atoms with Crippen molar-refractivity contribution in [2.75, 3.05) is 6.26 Å². The Bertz CT molecular complexity index is 751. The van der Waals surface area contributed by atoms with Crippen LogP contribution in [0.25, 0.3) is 0 Å². The minimum absolute atomic E-state index is 0.0810. The molecule has 3 aliphatic carbocycles. The average molecular weight is 447 g/mol. The quantitative estimate of drug-likeness (QED) is 0.575. The van der Waals surface area contributed by atoms with Crippen molar-refractivity contribution in [1.29, 1.82) is 0 Å². The summed E-state index contributed by atoms with van der Waals surface area (Å²) in [5.74, 6) is 1.74. The summed E-state index contributed by atoms with van der Waals surface area (Å²) in [5, 5.41) is 9.98. The predicted molar refractivity (Wildman–Crippen MR) is 125 cm³/mol. The summed E-state index contributed by atoms with van der Waals surface area (Å²) in [5.41, 5.74) is 1.34. The number of fused-ring (bicyclic) bond motifs is 1. The van der Waals surface area contributed by atoms with Gasteiger partial charge in [-0.05, 0) is 67.6 Å². The highest BCUT2D eigenvalue weighted by Crippen LogP contribution is 2.51. The fourth-order valence-corrected chi connectivity index (χ4v) is 7.75. The van der Waals surface area contributed by atoms with Gasteiger partial charge in [0.1, 0.15) is 6.10 Å². The van der Waals surface area contributed by atoms with Crippen molar-refractivity contribution < 1.29 is 19.4 Å². The van der Waals surface area contributed by atoms with E-state index in [0.717, 1.165) is 44.9 Å². The summed E-state index contributed by atoms with van der Waals surface area (Å²) in [6.07, 6.45) is 15.9. The van der Waals surface area contributed by atoms with Gasteiger partial charge in [0, 0.05) is 12.3 Å². The Morgan fingerprint density at radius 3 is 2.65 bits per heavy atom. The molecular formula is C26H38O4S. The second-order valence-electron chi connectivity index (χ2n) is 10.4. The van der Waals surface area contributed by atoms with Crippen LogP contribution in [-0.2, 0) is 14.3 Å². The molecule has 0 aromatic carbocycles. The number of ketones is 1. The monoisotopic (exact) mass is 446 g/mol. The summed E-state index contributed by atoms with van der Waals surface area (Å²) in [4.78, 5) is 25.8. The van der Waals surface area contributed by atoms with Crippen molar-refractivity contribution in [3.63, 3.8) is 0 Å². The number of allylic oxidation sites excluding steroid dienone is 4. The van der Waals surface area contributed by atoms with Crippen molar-refractivity contribution in [3.05, 3.63) is 23.8 Å². The molecule has 4 rings (SSSR count). The number of esters is 1. The number of ether oxygens (including phenoxy) is 1. The lowest BCUT2D eigenvalue weighted by Crippen LogP contribution is -2.46. The van der Waals surface area contributed by atoms with E-state index in [1.165, 1.54) is 5.57 Å². The summed E-state index contributed by atoms with van der Waals surface area (Å²) in [7, 11) is 0. The smallest absolute Gasteiger partial charge is 0.308 e. The molecule has 1 heterocycles. The summed E-state index contributed by atoms with van der Waals surface area (Å²) >= 11 is 1.79. The molecule has 0 amide bonds. The molecule has 7 atom stereocenters. The highest BCUT2D eigenvalue weighted by Gasteiger charge is 2.50. The lowest BCUT2D eigenvalue weighted by Gasteiger charge is -2.45. The lowest BCUT2D eigenvalue weighted by molar-refractivity contribution is -0.160. The van der Waals surface area contributed by atoms with E-state index in [1.54, 1.807) is 11.8 Å². The molecule has 0 unspecified atom stereocenters. The fourth-order valence-electron chi connectivity index (χ4n) is 6.70. The van der Waals surface area contributed by atoms with Crippen LogP contribution in [0, 0.1) is 29.6 Å². The van der Waals surface area contributed by atoms with Gasteiger partial charge in [-0.15, -0.1) is 0 Å². The molecule has 4 aliphatic rings. The van der Waals surface area contributed by atoms with Crippen LogP contribution < -0.4 is 0 Å². The lowest BCUT2D eigenvalue weighted by atomic mass is 9.60. The first-order chi connectivity index (χ1) is 14.8. The summed E-state index contributed by atoms with van der Waals surface area (Å²) < 4.78 is 5.33. The van der Waals surface area contributed by atoms with E-state index in [2.05, 4.69) is 38.3 Å². The molecule has 4 nitrogen and oxygen atoms in total. The summed E-state index contributed by atoms with van der Waals surface area (Å²) in [6.45, 7) is 4.51.